The summed E-state index contributed by atoms with van der Waals surface area (Å²) in [5.41, 5.74) is 10.7. The number of hydrogen-bond donors (Lipinski definition) is 0. The van der Waals surface area contributed by atoms with Crippen LogP contribution in [0.3, 0.4) is 0 Å². The van der Waals surface area contributed by atoms with Gasteiger partial charge in [0.1, 0.15) is 6.17 Å². The molecule has 1 aliphatic heterocycles. The molecule has 1 aliphatic rings. The number of rotatable bonds is 2. The first-order valence-corrected chi connectivity index (χ1v) is 8.70. The maximum Gasteiger partial charge on any atom is 0.107 e. The molecule has 0 atom stereocenters. The summed E-state index contributed by atoms with van der Waals surface area (Å²) in [5, 5.41) is 0. The number of anilines is 2. The van der Waals surface area contributed by atoms with Gasteiger partial charge in [0.15, 0.2) is 0 Å². The summed E-state index contributed by atoms with van der Waals surface area (Å²) in [5.74, 6) is 0. The average molecular weight is 320 g/mol. The standard InChI is InChI=1S/C22H28N2/c1-14-10-16(3)21(17(4)11-14)23-8-9-24(20(23)7)22-18(5)12-15(2)13-19(22)6/h8-13,20H,1-7H3. The van der Waals surface area contributed by atoms with E-state index in [1.165, 1.54) is 44.8 Å². The molecule has 0 amide bonds. The van der Waals surface area contributed by atoms with Crippen LogP contribution >= 0.6 is 0 Å². The summed E-state index contributed by atoms with van der Waals surface area (Å²) in [6.07, 6.45) is 4.70. The molecule has 2 nitrogen and oxygen atoms in total. The monoisotopic (exact) mass is 320 g/mol. The first-order valence-electron chi connectivity index (χ1n) is 8.70. The fourth-order valence-electron chi connectivity index (χ4n) is 4.21. The first-order chi connectivity index (χ1) is 11.3. The van der Waals surface area contributed by atoms with Crippen molar-refractivity contribution in [2.45, 2.75) is 54.6 Å². The molecule has 0 N–H and O–H groups in total. The summed E-state index contributed by atoms with van der Waals surface area (Å²) in [7, 11) is 0. The van der Waals surface area contributed by atoms with E-state index >= 15 is 0 Å². The van der Waals surface area contributed by atoms with Gasteiger partial charge in [0.25, 0.3) is 0 Å². The fourth-order valence-corrected chi connectivity index (χ4v) is 4.21. The van der Waals surface area contributed by atoms with Crippen molar-refractivity contribution in [3.8, 4) is 0 Å². The fraction of sp³-hybridized carbons (Fsp3) is 0.364. The second-order valence-corrected chi connectivity index (χ2v) is 7.24. The highest BCUT2D eigenvalue weighted by atomic mass is 15.4. The van der Waals surface area contributed by atoms with E-state index in [-0.39, 0.29) is 6.17 Å². The molecule has 2 aromatic rings. The lowest BCUT2D eigenvalue weighted by molar-refractivity contribution is 0.742. The molecule has 0 bridgehead atoms. The minimum absolute atomic E-state index is 0.269. The highest BCUT2D eigenvalue weighted by Crippen LogP contribution is 2.36. The van der Waals surface area contributed by atoms with Crippen LogP contribution in [-0.4, -0.2) is 6.17 Å². The Morgan fingerprint density at radius 3 is 1.17 bits per heavy atom. The van der Waals surface area contributed by atoms with Crippen LogP contribution in [0.1, 0.15) is 40.3 Å². The zero-order valence-corrected chi connectivity index (χ0v) is 15.9. The van der Waals surface area contributed by atoms with Crippen LogP contribution in [0.15, 0.2) is 36.7 Å². The van der Waals surface area contributed by atoms with Crippen molar-refractivity contribution in [2.75, 3.05) is 9.80 Å². The van der Waals surface area contributed by atoms with Crippen LogP contribution in [0.25, 0.3) is 0 Å². The highest BCUT2D eigenvalue weighted by Gasteiger charge is 2.28. The second kappa shape index (κ2) is 6.01. The van der Waals surface area contributed by atoms with Gasteiger partial charge in [0.05, 0.1) is 0 Å². The molecule has 3 rings (SSSR count). The van der Waals surface area contributed by atoms with Gasteiger partial charge < -0.3 is 9.80 Å². The molecule has 2 aromatic carbocycles. The molecule has 0 unspecified atom stereocenters. The molecule has 0 aromatic heterocycles. The van der Waals surface area contributed by atoms with Crippen molar-refractivity contribution in [3.63, 3.8) is 0 Å². The van der Waals surface area contributed by atoms with Crippen LogP contribution in [0.2, 0.25) is 0 Å². The Morgan fingerprint density at radius 2 is 0.875 bits per heavy atom. The van der Waals surface area contributed by atoms with Gasteiger partial charge >= 0.3 is 0 Å². The SMILES string of the molecule is Cc1cc(C)c(N2C=CN(c3c(C)cc(C)cc3C)C2C)c(C)c1. The lowest BCUT2D eigenvalue weighted by atomic mass is 10.0. The number of aryl methyl sites for hydroxylation is 6. The van der Waals surface area contributed by atoms with E-state index in [0.717, 1.165) is 0 Å². The third-order valence-corrected chi connectivity index (χ3v) is 4.98. The highest BCUT2D eigenvalue weighted by molar-refractivity contribution is 5.70. The molecular weight excluding hydrogens is 292 g/mol. The molecule has 0 saturated carbocycles. The van der Waals surface area contributed by atoms with Gasteiger partial charge in [-0.25, -0.2) is 0 Å². The van der Waals surface area contributed by atoms with Crippen molar-refractivity contribution in [2.24, 2.45) is 0 Å². The van der Waals surface area contributed by atoms with Gasteiger partial charge in [-0.15, -0.1) is 0 Å². The largest absolute Gasteiger partial charge is 0.325 e. The summed E-state index contributed by atoms with van der Waals surface area (Å²) >= 11 is 0. The smallest absolute Gasteiger partial charge is 0.107 e. The third-order valence-electron chi connectivity index (χ3n) is 4.98. The van der Waals surface area contributed by atoms with Crippen molar-refractivity contribution in [1.82, 2.24) is 0 Å². The Hall–Kier alpha value is -2.22. The molecule has 1 heterocycles. The van der Waals surface area contributed by atoms with E-state index in [9.17, 15) is 0 Å². The van der Waals surface area contributed by atoms with E-state index in [1.807, 2.05) is 0 Å². The Balaban J connectivity index is 2.01. The van der Waals surface area contributed by atoms with Crippen molar-refractivity contribution in [1.29, 1.82) is 0 Å². The molecule has 24 heavy (non-hydrogen) atoms. The van der Waals surface area contributed by atoms with Crippen molar-refractivity contribution >= 4 is 11.4 Å². The minimum atomic E-state index is 0.269. The second-order valence-electron chi connectivity index (χ2n) is 7.24. The number of benzene rings is 2. The van der Waals surface area contributed by atoms with Crippen LogP contribution in [0.5, 0.6) is 0 Å². The molecule has 0 radical (unpaired) electrons. The van der Waals surface area contributed by atoms with E-state index in [2.05, 4.69) is 94.9 Å². The van der Waals surface area contributed by atoms with Gasteiger partial charge in [-0.2, -0.15) is 0 Å². The van der Waals surface area contributed by atoms with Crippen LogP contribution in [-0.2, 0) is 0 Å². The summed E-state index contributed by atoms with van der Waals surface area (Å²) in [6.45, 7) is 15.4. The predicted molar refractivity (Wildman–Crippen MR) is 105 cm³/mol. The molecule has 0 aliphatic carbocycles. The summed E-state index contributed by atoms with van der Waals surface area (Å²) < 4.78 is 0. The summed E-state index contributed by atoms with van der Waals surface area (Å²) in [6, 6.07) is 9.09. The van der Waals surface area contributed by atoms with E-state index in [0.29, 0.717) is 0 Å². The molecule has 0 spiro atoms. The Labute approximate surface area is 146 Å². The number of nitrogens with zero attached hydrogens (tertiary/aromatic N) is 2. The summed E-state index contributed by atoms with van der Waals surface area (Å²) in [4.78, 5) is 4.78. The van der Waals surface area contributed by atoms with Gasteiger partial charge in [-0.1, -0.05) is 35.4 Å². The third kappa shape index (κ3) is 2.71. The molecule has 2 heteroatoms. The van der Waals surface area contributed by atoms with Gasteiger partial charge in [-0.05, 0) is 70.7 Å². The Kier molecular flexibility index (Phi) is 4.16. The van der Waals surface area contributed by atoms with Crippen molar-refractivity contribution in [3.05, 3.63) is 70.0 Å². The first kappa shape index (κ1) is 16.6. The average Bonchev–Trinajstić information content (AvgIpc) is 2.79. The normalized spacial score (nSPS) is 14.8. The van der Waals surface area contributed by atoms with Gasteiger partial charge in [0, 0.05) is 23.8 Å². The van der Waals surface area contributed by atoms with Crippen LogP contribution in [0.4, 0.5) is 11.4 Å². The van der Waals surface area contributed by atoms with Gasteiger partial charge in [-0.3, -0.25) is 0 Å². The lowest BCUT2D eigenvalue weighted by Gasteiger charge is -2.33. The molecular formula is C22H28N2. The Morgan fingerprint density at radius 1 is 0.583 bits per heavy atom. The zero-order valence-electron chi connectivity index (χ0n) is 15.9. The predicted octanol–water partition coefficient (Wildman–Crippen LogP) is 5.68. The maximum absolute atomic E-state index is 2.39. The van der Waals surface area contributed by atoms with Crippen molar-refractivity contribution < 1.29 is 0 Å². The van der Waals surface area contributed by atoms with E-state index in [4.69, 9.17) is 0 Å². The quantitative estimate of drug-likeness (QED) is 0.702. The molecule has 0 fully saturated rings. The molecule has 126 valence electrons. The zero-order chi connectivity index (χ0) is 17.6. The van der Waals surface area contributed by atoms with Crippen LogP contribution in [0, 0.1) is 41.5 Å². The topological polar surface area (TPSA) is 6.48 Å². The lowest BCUT2D eigenvalue weighted by Crippen LogP contribution is -2.37. The van der Waals surface area contributed by atoms with E-state index < -0.39 is 0 Å². The Bertz CT molecular complexity index is 703. The van der Waals surface area contributed by atoms with Crippen LogP contribution < -0.4 is 9.80 Å². The van der Waals surface area contributed by atoms with E-state index in [1.54, 1.807) is 0 Å². The maximum atomic E-state index is 2.39. The van der Waals surface area contributed by atoms with Gasteiger partial charge in [0.2, 0.25) is 0 Å². The number of hydrogen-bond acceptors (Lipinski definition) is 2. The minimum Gasteiger partial charge on any atom is -0.325 e. The molecule has 0 saturated heterocycles.